The van der Waals surface area contributed by atoms with Gasteiger partial charge in [-0.25, -0.2) is 0 Å². The lowest BCUT2D eigenvalue weighted by Crippen LogP contribution is -1.96. The molecule has 0 aliphatic rings. The van der Waals surface area contributed by atoms with Crippen LogP contribution in [0.1, 0.15) is 11.3 Å². The fourth-order valence-corrected chi connectivity index (χ4v) is 2.04. The summed E-state index contributed by atoms with van der Waals surface area (Å²) in [6, 6.07) is 3.01. The van der Waals surface area contributed by atoms with Crippen LogP contribution >= 0.6 is 11.6 Å². The van der Waals surface area contributed by atoms with E-state index < -0.39 is 4.92 Å². The van der Waals surface area contributed by atoms with Gasteiger partial charge in [0.05, 0.1) is 16.3 Å². The van der Waals surface area contributed by atoms with Gasteiger partial charge in [-0.15, -0.1) is 0 Å². The monoisotopic (exact) mass is 280 g/mol. The molecule has 0 saturated carbocycles. The smallest absolute Gasteiger partial charge is 0.288 e. The summed E-state index contributed by atoms with van der Waals surface area (Å²) < 4.78 is 1.69. The zero-order chi connectivity index (χ0) is 14.2. The van der Waals surface area contributed by atoms with Gasteiger partial charge < -0.3 is 5.32 Å². The third kappa shape index (κ3) is 2.68. The van der Waals surface area contributed by atoms with E-state index in [1.807, 2.05) is 20.2 Å². The van der Waals surface area contributed by atoms with E-state index in [0.717, 1.165) is 22.6 Å². The fourth-order valence-electron chi connectivity index (χ4n) is 1.81. The second kappa shape index (κ2) is 4.89. The molecule has 0 amide bonds. The van der Waals surface area contributed by atoms with Gasteiger partial charge in [0, 0.05) is 25.0 Å². The lowest BCUT2D eigenvalue weighted by Gasteiger charge is -2.09. The molecule has 0 unspecified atom stereocenters. The molecule has 2 rings (SSSR count). The Hall–Kier alpha value is -2.08. The van der Waals surface area contributed by atoms with Crippen LogP contribution in [-0.4, -0.2) is 14.7 Å². The van der Waals surface area contributed by atoms with Crippen molar-refractivity contribution >= 4 is 28.7 Å². The third-order valence-corrected chi connectivity index (χ3v) is 3.08. The predicted molar refractivity (Wildman–Crippen MR) is 74.1 cm³/mol. The second-order valence-electron chi connectivity index (χ2n) is 4.30. The van der Waals surface area contributed by atoms with Crippen LogP contribution in [0.5, 0.6) is 0 Å². The Balaban J connectivity index is 2.39. The quantitative estimate of drug-likeness (QED) is 0.691. The van der Waals surface area contributed by atoms with E-state index in [2.05, 4.69) is 10.4 Å². The van der Waals surface area contributed by atoms with Crippen molar-refractivity contribution < 1.29 is 4.92 Å². The predicted octanol–water partition coefficient (Wildman–Crippen LogP) is 3.34. The first-order valence-electron chi connectivity index (χ1n) is 5.60. The minimum Gasteiger partial charge on any atom is -0.352 e. The number of aromatic nitrogens is 2. The number of aryl methyl sites for hydroxylation is 3. The van der Waals surface area contributed by atoms with Crippen molar-refractivity contribution in [3.8, 4) is 0 Å². The molecule has 0 atom stereocenters. The number of halogens is 1. The molecule has 100 valence electrons. The maximum atomic E-state index is 10.8. The molecule has 0 fully saturated rings. The topological polar surface area (TPSA) is 73.0 Å². The Morgan fingerprint density at radius 2 is 2.05 bits per heavy atom. The molecule has 1 heterocycles. The number of benzene rings is 1. The summed E-state index contributed by atoms with van der Waals surface area (Å²) in [4.78, 5) is 10.3. The first-order valence-corrected chi connectivity index (χ1v) is 5.98. The number of nitro benzene ring substituents is 1. The van der Waals surface area contributed by atoms with Gasteiger partial charge in [-0.3, -0.25) is 14.8 Å². The van der Waals surface area contributed by atoms with Gasteiger partial charge in [-0.2, -0.15) is 5.10 Å². The Kier molecular flexibility index (Phi) is 3.44. The molecule has 1 N–H and O–H groups in total. The number of hydrogen-bond acceptors (Lipinski definition) is 4. The minimum atomic E-state index is -0.492. The van der Waals surface area contributed by atoms with Gasteiger partial charge in [0.1, 0.15) is 5.02 Å². The van der Waals surface area contributed by atoms with Crippen molar-refractivity contribution in [1.82, 2.24) is 9.78 Å². The summed E-state index contributed by atoms with van der Waals surface area (Å²) >= 11 is 5.91. The van der Waals surface area contributed by atoms with Gasteiger partial charge in [-0.05, 0) is 25.5 Å². The highest BCUT2D eigenvalue weighted by Crippen LogP contribution is 2.32. The number of nitrogens with zero attached hydrogens (tertiary/aromatic N) is 3. The number of hydrogen-bond donors (Lipinski definition) is 1. The Morgan fingerprint density at radius 1 is 1.37 bits per heavy atom. The molecule has 1 aromatic carbocycles. The normalized spacial score (nSPS) is 10.5. The minimum absolute atomic E-state index is 0.0902. The Morgan fingerprint density at radius 3 is 2.58 bits per heavy atom. The lowest BCUT2D eigenvalue weighted by molar-refractivity contribution is -0.384. The van der Waals surface area contributed by atoms with E-state index >= 15 is 0 Å². The van der Waals surface area contributed by atoms with Gasteiger partial charge in [0.15, 0.2) is 0 Å². The van der Waals surface area contributed by atoms with E-state index in [9.17, 15) is 10.1 Å². The number of rotatable bonds is 3. The molecular formula is C12H13ClN4O2. The van der Waals surface area contributed by atoms with Crippen LogP contribution in [0.15, 0.2) is 18.3 Å². The molecule has 0 aliphatic heterocycles. The van der Waals surface area contributed by atoms with Crippen LogP contribution in [0.25, 0.3) is 0 Å². The zero-order valence-corrected chi connectivity index (χ0v) is 11.5. The molecule has 7 heteroatoms. The molecule has 0 saturated heterocycles. The van der Waals surface area contributed by atoms with Crippen LogP contribution in [0, 0.1) is 24.0 Å². The molecule has 6 nitrogen and oxygen atoms in total. The van der Waals surface area contributed by atoms with E-state index in [0.29, 0.717) is 0 Å². The molecule has 2 aromatic rings. The molecule has 0 radical (unpaired) electrons. The second-order valence-corrected chi connectivity index (χ2v) is 4.71. The Labute approximate surface area is 115 Å². The van der Waals surface area contributed by atoms with Crippen molar-refractivity contribution in [2.24, 2.45) is 7.05 Å². The van der Waals surface area contributed by atoms with E-state index in [1.54, 1.807) is 17.7 Å². The van der Waals surface area contributed by atoms with Gasteiger partial charge in [-0.1, -0.05) is 11.6 Å². The fraction of sp³-hybridized carbons (Fsp3) is 0.250. The van der Waals surface area contributed by atoms with E-state index in [4.69, 9.17) is 11.6 Å². The number of nitrogens with one attached hydrogen (secondary N) is 1. The average molecular weight is 281 g/mol. The highest BCUT2D eigenvalue weighted by atomic mass is 35.5. The summed E-state index contributed by atoms with van der Waals surface area (Å²) in [5.41, 5.74) is 3.07. The summed E-state index contributed by atoms with van der Waals surface area (Å²) in [6.45, 7) is 3.67. The van der Waals surface area contributed by atoms with Crippen molar-refractivity contribution in [1.29, 1.82) is 0 Å². The summed E-state index contributed by atoms with van der Waals surface area (Å²) in [5.74, 6) is 0. The van der Waals surface area contributed by atoms with Gasteiger partial charge in [0.2, 0.25) is 0 Å². The van der Waals surface area contributed by atoms with Crippen molar-refractivity contribution in [2.45, 2.75) is 13.8 Å². The number of nitro groups is 1. The van der Waals surface area contributed by atoms with Crippen LogP contribution in [0.4, 0.5) is 17.1 Å². The summed E-state index contributed by atoms with van der Waals surface area (Å²) in [5, 5.41) is 18.3. The van der Waals surface area contributed by atoms with E-state index in [-0.39, 0.29) is 10.7 Å². The van der Waals surface area contributed by atoms with Crippen LogP contribution in [-0.2, 0) is 7.05 Å². The third-order valence-electron chi connectivity index (χ3n) is 2.77. The van der Waals surface area contributed by atoms with Crippen LogP contribution in [0.2, 0.25) is 5.02 Å². The maximum Gasteiger partial charge on any atom is 0.288 e. The summed E-state index contributed by atoms with van der Waals surface area (Å²) in [6.07, 6.45) is 1.84. The first-order chi connectivity index (χ1) is 8.88. The van der Waals surface area contributed by atoms with Gasteiger partial charge in [0.25, 0.3) is 5.69 Å². The molecule has 19 heavy (non-hydrogen) atoms. The highest BCUT2D eigenvalue weighted by molar-refractivity contribution is 6.33. The van der Waals surface area contributed by atoms with Crippen molar-refractivity contribution in [3.05, 3.63) is 44.7 Å². The standard InChI is InChI=1S/C12H13ClN4O2/c1-7-4-12(17(18)19)9(13)5-10(7)14-11-6-16(3)15-8(11)2/h4-6,14H,1-3H3. The van der Waals surface area contributed by atoms with Crippen molar-refractivity contribution in [3.63, 3.8) is 0 Å². The zero-order valence-electron chi connectivity index (χ0n) is 10.8. The highest BCUT2D eigenvalue weighted by Gasteiger charge is 2.15. The Bertz CT molecular complexity index is 651. The average Bonchev–Trinajstić information content (AvgIpc) is 2.61. The molecule has 0 spiro atoms. The summed E-state index contributed by atoms with van der Waals surface area (Å²) in [7, 11) is 1.83. The van der Waals surface area contributed by atoms with Crippen molar-refractivity contribution in [2.75, 3.05) is 5.32 Å². The molecule has 0 bridgehead atoms. The van der Waals surface area contributed by atoms with Gasteiger partial charge >= 0.3 is 0 Å². The maximum absolute atomic E-state index is 10.8. The molecule has 0 aliphatic carbocycles. The van der Waals surface area contributed by atoms with E-state index in [1.165, 1.54) is 6.07 Å². The SMILES string of the molecule is Cc1cc([N+](=O)[O-])c(Cl)cc1Nc1cn(C)nc1C. The molecular weight excluding hydrogens is 268 g/mol. The van der Waals surface area contributed by atoms with Crippen LogP contribution < -0.4 is 5.32 Å². The van der Waals surface area contributed by atoms with Crippen LogP contribution in [0.3, 0.4) is 0 Å². The first kappa shape index (κ1) is 13.4. The number of anilines is 2. The largest absolute Gasteiger partial charge is 0.352 e. The molecule has 1 aromatic heterocycles. The lowest BCUT2D eigenvalue weighted by atomic mass is 10.1.